The van der Waals surface area contributed by atoms with Crippen LogP contribution in [-0.4, -0.2) is 20.0 Å². The maximum Gasteiger partial charge on any atom is 0.146 e. The minimum atomic E-state index is -0.914. The Morgan fingerprint density at radius 2 is 2.60 bits per heavy atom. The molecule has 0 spiro atoms. The van der Waals surface area contributed by atoms with Crippen LogP contribution >= 0.6 is 0 Å². The highest BCUT2D eigenvalue weighted by molar-refractivity contribution is 4.28. The van der Waals surface area contributed by atoms with Gasteiger partial charge in [0.2, 0.25) is 0 Å². The molecule has 0 amide bonds. The van der Waals surface area contributed by atoms with E-state index in [0.29, 0.717) is 0 Å². The summed E-state index contributed by atoms with van der Waals surface area (Å²) in [6.07, 6.45) is 0. The molecule has 1 fully saturated rings. The fourth-order valence-electron chi connectivity index (χ4n) is 0.196. The van der Waals surface area contributed by atoms with Crippen LogP contribution in [0.4, 0.5) is 0 Å². The van der Waals surface area contributed by atoms with Gasteiger partial charge in [-0.1, -0.05) is 0 Å². The van der Waals surface area contributed by atoms with Gasteiger partial charge in [-0.05, 0) is 0 Å². The van der Waals surface area contributed by atoms with Gasteiger partial charge in [-0.25, -0.2) is 0 Å². The summed E-state index contributed by atoms with van der Waals surface area (Å²) in [5, 5.41) is 0. The van der Waals surface area contributed by atoms with Gasteiger partial charge in [0, 0.05) is 0 Å². The first-order chi connectivity index (χ1) is 3.29. The average molecular weight is 76.1 g/mol. The predicted molar refractivity (Wildman–Crippen MR) is 16.8 cm³/mol. The summed E-state index contributed by atoms with van der Waals surface area (Å²) in [6, 6.07) is 0. The zero-order valence-corrected chi connectivity index (χ0v) is 2.68. The third-order valence-corrected chi connectivity index (χ3v) is 0.384. The molecule has 0 radical (unpaired) electrons. The molecule has 0 N–H and O–H groups in total. The van der Waals surface area contributed by atoms with E-state index in [1.165, 1.54) is 0 Å². The second-order valence-electron chi connectivity index (χ2n) is 0.732. The van der Waals surface area contributed by atoms with Crippen LogP contribution in [-0.2, 0) is 9.47 Å². The molecule has 1 rings (SSSR count). The van der Waals surface area contributed by atoms with Gasteiger partial charge in [0.25, 0.3) is 0 Å². The molecule has 30 valence electrons. The Morgan fingerprint density at radius 3 is 2.80 bits per heavy atom. The zero-order valence-electron chi connectivity index (χ0n) is 4.68. The van der Waals surface area contributed by atoms with E-state index in [1.54, 1.807) is 0 Å². The van der Waals surface area contributed by atoms with E-state index in [4.69, 9.17) is 2.74 Å². The summed E-state index contributed by atoms with van der Waals surface area (Å²) < 4.78 is 22.5. The molecule has 1 heterocycles. The highest BCUT2D eigenvalue weighted by atomic mass is 16.7. The average Bonchev–Trinajstić information content (AvgIpc) is 1.87. The van der Waals surface area contributed by atoms with Crippen LogP contribution in [0.2, 0.25) is 0 Å². The van der Waals surface area contributed by atoms with Crippen molar-refractivity contribution in [1.82, 2.24) is 0 Å². The van der Waals surface area contributed by atoms with Crippen LogP contribution in [0.1, 0.15) is 2.74 Å². The molecule has 2 unspecified atom stereocenters. The normalized spacial score (nSPS) is 59.2. The Labute approximate surface area is 33.5 Å². The molecule has 0 aromatic rings. The first-order valence-electron chi connectivity index (χ1n) is 2.56. The molecule has 0 bridgehead atoms. The summed E-state index contributed by atoms with van der Waals surface area (Å²) in [4.78, 5) is 0. The lowest BCUT2D eigenvalue weighted by Crippen LogP contribution is -1.79. The van der Waals surface area contributed by atoms with Gasteiger partial charge >= 0.3 is 0 Å². The maximum absolute atomic E-state index is 6.80. The lowest BCUT2D eigenvalue weighted by Gasteiger charge is -1.76. The van der Waals surface area contributed by atoms with Gasteiger partial charge in [-0.2, -0.15) is 0 Å². The third kappa shape index (κ3) is 0.597. The molecule has 1 aliphatic heterocycles. The first-order valence-corrected chi connectivity index (χ1v) is 1.40. The lowest BCUT2D eigenvalue weighted by molar-refractivity contribution is 0.0692. The van der Waals surface area contributed by atoms with Crippen LogP contribution in [0.25, 0.3) is 0 Å². The SMILES string of the molecule is [2H]C1COC([2H])O1. The largest absolute Gasteiger partial charge is 0.353 e. The van der Waals surface area contributed by atoms with Crippen molar-refractivity contribution < 1.29 is 12.2 Å². The quantitative estimate of drug-likeness (QED) is 0.404. The second-order valence-corrected chi connectivity index (χ2v) is 0.732. The number of hydrogen-bond acceptors (Lipinski definition) is 2. The molecule has 2 atom stereocenters. The molecule has 0 aliphatic carbocycles. The van der Waals surface area contributed by atoms with Crippen molar-refractivity contribution in [3.8, 4) is 0 Å². The van der Waals surface area contributed by atoms with Crippen molar-refractivity contribution in [2.24, 2.45) is 0 Å². The van der Waals surface area contributed by atoms with Crippen molar-refractivity contribution in [1.29, 1.82) is 0 Å². The summed E-state index contributed by atoms with van der Waals surface area (Å²) >= 11 is 0. The van der Waals surface area contributed by atoms with E-state index in [9.17, 15) is 0 Å². The fraction of sp³-hybridized carbons (Fsp3) is 1.00. The summed E-state index contributed by atoms with van der Waals surface area (Å²) in [6.45, 7) is -1.32. The summed E-state index contributed by atoms with van der Waals surface area (Å²) in [5.41, 5.74) is 0. The first kappa shape index (κ1) is 1.58. The lowest BCUT2D eigenvalue weighted by atomic mass is 10.8. The predicted octanol–water partition coefficient (Wildman–Crippen LogP) is -0.00930. The molecule has 0 saturated carbocycles. The topological polar surface area (TPSA) is 18.5 Å². The van der Waals surface area contributed by atoms with E-state index in [0.717, 1.165) is 0 Å². The van der Waals surface area contributed by atoms with Gasteiger partial charge in [0.05, 0.1) is 15.9 Å². The summed E-state index contributed by atoms with van der Waals surface area (Å²) in [7, 11) is 0. The minimum absolute atomic E-state index is 0.230. The number of ether oxygens (including phenoxy) is 2. The van der Waals surface area contributed by atoms with Gasteiger partial charge in [0.1, 0.15) is 6.77 Å². The monoisotopic (exact) mass is 76.0 g/mol. The van der Waals surface area contributed by atoms with E-state index in [1.807, 2.05) is 0 Å². The van der Waals surface area contributed by atoms with E-state index in [2.05, 4.69) is 9.47 Å². The van der Waals surface area contributed by atoms with Gasteiger partial charge < -0.3 is 9.47 Å². The van der Waals surface area contributed by atoms with Crippen molar-refractivity contribution in [3.63, 3.8) is 0 Å². The third-order valence-electron chi connectivity index (χ3n) is 0.384. The van der Waals surface area contributed by atoms with Crippen LogP contribution in [0, 0.1) is 0 Å². The smallest absolute Gasteiger partial charge is 0.146 e. The van der Waals surface area contributed by atoms with E-state index in [-0.39, 0.29) is 6.61 Å². The molecule has 1 aliphatic rings. The zero-order chi connectivity index (χ0) is 5.28. The standard InChI is InChI=1S/C3H6O2/c1-2-5-3-4-1/h1-3H2/i1D,3D. The Kier molecular flexibility index (Phi) is 0.436. The van der Waals surface area contributed by atoms with Crippen LogP contribution in [0.15, 0.2) is 0 Å². The van der Waals surface area contributed by atoms with E-state index < -0.39 is 13.4 Å². The fourth-order valence-corrected chi connectivity index (χ4v) is 0.196. The number of hydrogen-bond donors (Lipinski definition) is 0. The van der Waals surface area contributed by atoms with Crippen LogP contribution < -0.4 is 0 Å². The van der Waals surface area contributed by atoms with Crippen molar-refractivity contribution in [3.05, 3.63) is 0 Å². The van der Waals surface area contributed by atoms with E-state index >= 15 is 0 Å². The Morgan fingerprint density at radius 1 is 1.60 bits per heavy atom. The second kappa shape index (κ2) is 1.38. The number of rotatable bonds is 0. The Balaban J connectivity index is 2.26. The van der Waals surface area contributed by atoms with Crippen molar-refractivity contribution in [2.45, 2.75) is 0 Å². The summed E-state index contributed by atoms with van der Waals surface area (Å²) in [5.74, 6) is 0. The molecule has 0 aromatic carbocycles. The van der Waals surface area contributed by atoms with Gasteiger partial charge in [-0.3, -0.25) is 0 Å². The highest BCUT2D eigenvalue weighted by Crippen LogP contribution is 1.85. The maximum atomic E-state index is 6.80. The molecule has 2 nitrogen and oxygen atoms in total. The molecule has 0 aromatic heterocycles. The van der Waals surface area contributed by atoms with Crippen LogP contribution in [0.3, 0.4) is 0 Å². The van der Waals surface area contributed by atoms with Crippen LogP contribution in [0.5, 0.6) is 0 Å². The Bertz CT molecular complexity index is 60.0. The molecular formula is C3H6O2. The molecule has 2 heteroatoms. The minimum Gasteiger partial charge on any atom is -0.353 e. The van der Waals surface area contributed by atoms with Crippen molar-refractivity contribution >= 4 is 0 Å². The Hall–Kier alpha value is -0.0800. The van der Waals surface area contributed by atoms with Gasteiger partial charge in [0.15, 0.2) is 0 Å². The molecule has 1 saturated heterocycles. The molecule has 5 heavy (non-hydrogen) atoms. The van der Waals surface area contributed by atoms with Crippen molar-refractivity contribution in [2.75, 3.05) is 20.0 Å². The highest BCUT2D eigenvalue weighted by Gasteiger charge is 1.93. The van der Waals surface area contributed by atoms with Gasteiger partial charge in [-0.15, -0.1) is 0 Å². The molecular weight excluding hydrogens is 68.0 g/mol.